The normalized spacial score (nSPS) is 10.0. The molecule has 8 heteroatoms. The topological polar surface area (TPSA) is 110 Å². The SMILES string of the molecule is NNc1ccc([N+](=O)[O-])cc1C(=O)Nc1cccc(F)c1. The average Bonchev–Trinajstić information content (AvgIpc) is 2.46. The number of nitrogens with zero attached hydrogens (tertiary/aromatic N) is 1. The summed E-state index contributed by atoms with van der Waals surface area (Å²) >= 11 is 0. The zero-order valence-corrected chi connectivity index (χ0v) is 10.7. The maximum atomic E-state index is 13.1. The van der Waals surface area contributed by atoms with Gasteiger partial charge in [0.25, 0.3) is 11.6 Å². The van der Waals surface area contributed by atoms with Crippen molar-refractivity contribution in [1.82, 2.24) is 0 Å². The number of non-ortho nitro benzene ring substituents is 1. The lowest BCUT2D eigenvalue weighted by Gasteiger charge is -2.09. The minimum atomic E-state index is -0.641. The van der Waals surface area contributed by atoms with Crippen LogP contribution in [0.5, 0.6) is 0 Å². The smallest absolute Gasteiger partial charge is 0.270 e. The van der Waals surface area contributed by atoms with Gasteiger partial charge in [0.2, 0.25) is 0 Å². The molecule has 0 spiro atoms. The number of amides is 1. The number of nitro benzene ring substituents is 1. The van der Waals surface area contributed by atoms with Crippen molar-refractivity contribution in [2.24, 2.45) is 5.84 Å². The van der Waals surface area contributed by atoms with E-state index in [2.05, 4.69) is 10.7 Å². The molecule has 1 amide bonds. The first-order valence-corrected chi connectivity index (χ1v) is 5.83. The molecule has 0 unspecified atom stereocenters. The molecule has 0 atom stereocenters. The van der Waals surface area contributed by atoms with Crippen molar-refractivity contribution in [2.75, 3.05) is 10.7 Å². The van der Waals surface area contributed by atoms with Crippen LogP contribution in [0.15, 0.2) is 42.5 Å². The van der Waals surface area contributed by atoms with Crippen molar-refractivity contribution >= 4 is 23.0 Å². The summed E-state index contributed by atoms with van der Waals surface area (Å²) in [7, 11) is 0. The highest BCUT2D eigenvalue weighted by Gasteiger charge is 2.16. The van der Waals surface area contributed by atoms with E-state index in [-0.39, 0.29) is 22.6 Å². The van der Waals surface area contributed by atoms with Gasteiger partial charge in [-0.2, -0.15) is 0 Å². The van der Waals surface area contributed by atoms with Gasteiger partial charge in [-0.15, -0.1) is 0 Å². The molecule has 0 radical (unpaired) electrons. The second-order valence-electron chi connectivity index (χ2n) is 4.10. The molecule has 0 aromatic heterocycles. The summed E-state index contributed by atoms with van der Waals surface area (Å²) in [5, 5.41) is 13.2. The number of hydrogen-bond acceptors (Lipinski definition) is 5. The van der Waals surface area contributed by atoms with Crippen LogP contribution in [0, 0.1) is 15.9 Å². The number of anilines is 2. The molecule has 0 aliphatic heterocycles. The molecule has 0 aliphatic carbocycles. The van der Waals surface area contributed by atoms with Crippen LogP contribution in [0.4, 0.5) is 21.5 Å². The number of hydrazine groups is 1. The lowest BCUT2D eigenvalue weighted by molar-refractivity contribution is -0.384. The predicted molar refractivity (Wildman–Crippen MR) is 75.3 cm³/mol. The Morgan fingerprint density at radius 3 is 2.62 bits per heavy atom. The van der Waals surface area contributed by atoms with Crippen LogP contribution in [0.2, 0.25) is 0 Å². The molecular formula is C13H11FN4O3. The Morgan fingerprint density at radius 1 is 1.24 bits per heavy atom. The Labute approximate surface area is 118 Å². The van der Waals surface area contributed by atoms with Crippen molar-refractivity contribution in [3.63, 3.8) is 0 Å². The number of nitro groups is 1. The number of nitrogen functional groups attached to an aromatic ring is 1. The number of hydrogen-bond donors (Lipinski definition) is 3. The Morgan fingerprint density at radius 2 is 2.00 bits per heavy atom. The van der Waals surface area contributed by atoms with E-state index in [0.717, 1.165) is 12.1 Å². The molecule has 0 saturated heterocycles. The van der Waals surface area contributed by atoms with Gasteiger partial charge in [0.15, 0.2) is 0 Å². The van der Waals surface area contributed by atoms with Crippen LogP contribution in [0.1, 0.15) is 10.4 Å². The summed E-state index contributed by atoms with van der Waals surface area (Å²) < 4.78 is 13.1. The summed E-state index contributed by atoms with van der Waals surface area (Å²) in [5.41, 5.74) is 2.46. The zero-order chi connectivity index (χ0) is 15.4. The highest BCUT2D eigenvalue weighted by atomic mass is 19.1. The van der Waals surface area contributed by atoms with E-state index >= 15 is 0 Å². The van der Waals surface area contributed by atoms with Gasteiger partial charge in [-0.05, 0) is 24.3 Å². The van der Waals surface area contributed by atoms with Gasteiger partial charge < -0.3 is 10.7 Å². The lowest BCUT2D eigenvalue weighted by Crippen LogP contribution is -2.17. The minimum absolute atomic E-state index is 0.0176. The third-order valence-electron chi connectivity index (χ3n) is 2.70. The van der Waals surface area contributed by atoms with E-state index in [1.54, 1.807) is 0 Å². The summed E-state index contributed by atoms with van der Waals surface area (Å²) in [6, 6.07) is 8.91. The monoisotopic (exact) mass is 290 g/mol. The highest BCUT2D eigenvalue weighted by Crippen LogP contribution is 2.22. The maximum Gasteiger partial charge on any atom is 0.270 e. The summed E-state index contributed by atoms with van der Waals surface area (Å²) in [6.07, 6.45) is 0. The van der Waals surface area contributed by atoms with Crippen molar-refractivity contribution in [2.45, 2.75) is 0 Å². The Hall–Kier alpha value is -3.00. The summed E-state index contributed by atoms with van der Waals surface area (Å²) in [6.45, 7) is 0. The molecule has 7 nitrogen and oxygen atoms in total. The number of rotatable bonds is 4. The molecule has 0 aliphatic rings. The molecule has 0 bridgehead atoms. The van der Waals surface area contributed by atoms with Crippen LogP contribution in [0.3, 0.4) is 0 Å². The molecular weight excluding hydrogens is 279 g/mol. The largest absolute Gasteiger partial charge is 0.323 e. The van der Waals surface area contributed by atoms with E-state index in [1.165, 1.54) is 30.3 Å². The first-order chi connectivity index (χ1) is 10.0. The number of carbonyl (C=O) groups is 1. The number of nitrogens with one attached hydrogen (secondary N) is 2. The van der Waals surface area contributed by atoms with Crippen LogP contribution >= 0.6 is 0 Å². The predicted octanol–water partition coefficient (Wildman–Crippen LogP) is 2.27. The van der Waals surface area contributed by atoms with E-state index in [1.807, 2.05) is 0 Å². The van der Waals surface area contributed by atoms with Crippen molar-refractivity contribution in [3.8, 4) is 0 Å². The molecule has 2 aromatic carbocycles. The minimum Gasteiger partial charge on any atom is -0.323 e. The van der Waals surface area contributed by atoms with E-state index in [9.17, 15) is 19.3 Å². The molecule has 21 heavy (non-hydrogen) atoms. The van der Waals surface area contributed by atoms with Gasteiger partial charge in [0.1, 0.15) is 5.82 Å². The fourth-order valence-corrected chi connectivity index (χ4v) is 1.72. The number of nitrogens with two attached hydrogens (primary N) is 1. The molecule has 4 N–H and O–H groups in total. The van der Waals surface area contributed by atoms with Gasteiger partial charge in [-0.3, -0.25) is 20.8 Å². The third-order valence-corrected chi connectivity index (χ3v) is 2.70. The van der Waals surface area contributed by atoms with Gasteiger partial charge in [0.05, 0.1) is 16.2 Å². The van der Waals surface area contributed by atoms with Crippen molar-refractivity contribution < 1.29 is 14.1 Å². The summed E-state index contributed by atoms with van der Waals surface area (Å²) in [5.74, 6) is 4.12. The Kier molecular flexibility index (Phi) is 4.10. The summed E-state index contributed by atoms with van der Waals surface area (Å²) in [4.78, 5) is 22.3. The van der Waals surface area contributed by atoms with E-state index in [0.29, 0.717) is 0 Å². The number of benzene rings is 2. The second kappa shape index (κ2) is 5.97. The van der Waals surface area contributed by atoms with Gasteiger partial charge >= 0.3 is 0 Å². The van der Waals surface area contributed by atoms with Crippen LogP contribution < -0.4 is 16.6 Å². The third kappa shape index (κ3) is 3.31. The highest BCUT2D eigenvalue weighted by molar-refractivity contribution is 6.08. The molecule has 108 valence electrons. The van der Waals surface area contributed by atoms with Crippen molar-refractivity contribution in [3.05, 3.63) is 64.0 Å². The molecule has 0 fully saturated rings. The Bertz CT molecular complexity index is 706. The Balaban J connectivity index is 2.33. The fraction of sp³-hybridized carbons (Fsp3) is 0. The number of halogens is 1. The molecule has 2 rings (SSSR count). The second-order valence-corrected chi connectivity index (χ2v) is 4.10. The first kappa shape index (κ1) is 14.4. The molecule has 0 heterocycles. The maximum absolute atomic E-state index is 13.1. The van der Waals surface area contributed by atoms with Crippen LogP contribution in [-0.2, 0) is 0 Å². The molecule has 0 saturated carbocycles. The quantitative estimate of drug-likeness (QED) is 0.454. The standard InChI is InChI=1S/C13H11FN4O3/c14-8-2-1-3-9(6-8)16-13(19)11-7-10(18(20)21)4-5-12(11)17-15/h1-7,17H,15H2,(H,16,19). The lowest BCUT2D eigenvalue weighted by atomic mass is 10.1. The van der Waals surface area contributed by atoms with Gasteiger partial charge in [0, 0.05) is 17.8 Å². The first-order valence-electron chi connectivity index (χ1n) is 5.83. The number of carbonyl (C=O) groups excluding carboxylic acids is 1. The average molecular weight is 290 g/mol. The fourth-order valence-electron chi connectivity index (χ4n) is 1.72. The van der Waals surface area contributed by atoms with Crippen LogP contribution in [-0.4, -0.2) is 10.8 Å². The van der Waals surface area contributed by atoms with Crippen LogP contribution in [0.25, 0.3) is 0 Å². The van der Waals surface area contributed by atoms with Gasteiger partial charge in [-0.25, -0.2) is 4.39 Å². The van der Waals surface area contributed by atoms with Crippen molar-refractivity contribution in [1.29, 1.82) is 0 Å². The molecule has 2 aromatic rings. The van der Waals surface area contributed by atoms with E-state index < -0.39 is 16.6 Å². The van der Waals surface area contributed by atoms with Gasteiger partial charge in [-0.1, -0.05) is 6.07 Å². The zero-order valence-electron chi connectivity index (χ0n) is 10.7. The van der Waals surface area contributed by atoms with E-state index in [4.69, 9.17) is 5.84 Å².